The van der Waals surface area contributed by atoms with E-state index in [1.54, 1.807) is 39.0 Å². The summed E-state index contributed by atoms with van der Waals surface area (Å²) < 4.78 is 36.3. The Morgan fingerprint density at radius 2 is 1.67 bits per heavy atom. The Balaban J connectivity index is 2.10. The number of carbonyl (C=O) groups is 2. The van der Waals surface area contributed by atoms with E-state index in [1.165, 1.54) is 35.7 Å². The Labute approximate surface area is 176 Å². The van der Waals surface area contributed by atoms with E-state index >= 15 is 0 Å². The number of anilines is 1. The molecule has 0 bridgehead atoms. The molecule has 0 radical (unpaired) electrons. The first-order valence-corrected chi connectivity index (χ1v) is 10.9. The predicted molar refractivity (Wildman–Crippen MR) is 113 cm³/mol. The second-order valence-corrected chi connectivity index (χ2v) is 8.35. The molecule has 2 aromatic carbocycles. The molecule has 9 heteroatoms. The highest BCUT2D eigenvalue weighted by molar-refractivity contribution is 7.89. The topological polar surface area (TPSA) is 102 Å². The molecule has 0 aliphatic rings. The zero-order chi connectivity index (χ0) is 22.3. The summed E-state index contributed by atoms with van der Waals surface area (Å²) in [6.07, 6.45) is 0. The summed E-state index contributed by atoms with van der Waals surface area (Å²) in [5.41, 5.74) is 1.65. The van der Waals surface area contributed by atoms with Crippen molar-refractivity contribution in [3.05, 3.63) is 53.6 Å². The van der Waals surface area contributed by atoms with Gasteiger partial charge in [-0.15, -0.1) is 0 Å². The molecule has 0 aliphatic heterocycles. The second-order valence-electron chi connectivity index (χ2n) is 6.41. The maximum absolute atomic E-state index is 12.5. The number of hydrogen-bond donors (Lipinski definition) is 1. The van der Waals surface area contributed by atoms with E-state index in [0.717, 1.165) is 5.56 Å². The van der Waals surface area contributed by atoms with Crippen LogP contribution in [0, 0.1) is 6.92 Å². The minimum Gasteiger partial charge on any atom is -0.482 e. The first kappa shape index (κ1) is 23.4. The third-order valence-electron chi connectivity index (χ3n) is 4.49. The number of ether oxygens (including phenoxy) is 2. The van der Waals surface area contributed by atoms with Crippen LogP contribution in [-0.4, -0.2) is 51.4 Å². The maximum Gasteiger partial charge on any atom is 0.343 e. The molecular weight excluding hydrogens is 408 g/mol. The molecule has 0 aliphatic carbocycles. The monoisotopic (exact) mass is 434 g/mol. The molecule has 0 atom stereocenters. The molecule has 0 unspecified atom stereocenters. The number of methoxy groups -OCH3 is 1. The van der Waals surface area contributed by atoms with Gasteiger partial charge in [-0.1, -0.05) is 13.8 Å². The van der Waals surface area contributed by atoms with E-state index in [1.807, 2.05) is 0 Å². The van der Waals surface area contributed by atoms with Crippen LogP contribution in [0.5, 0.6) is 5.75 Å². The average Bonchev–Trinajstić information content (AvgIpc) is 2.74. The van der Waals surface area contributed by atoms with Crippen molar-refractivity contribution >= 4 is 27.6 Å². The number of amides is 1. The molecule has 0 saturated heterocycles. The summed E-state index contributed by atoms with van der Waals surface area (Å²) in [6, 6.07) is 10.8. The van der Waals surface area contributed by atoms with E-state index in [4.69, 9.17) is 4.74 Å². The van der Waals surface area contributed by atoms with Crippen molar-refractivity contribution in [2.45, 2.75) is 25.7 Å². The summed E-state index contributed by atoms with van der Waals surface area (Å²) in [5.74, 6) is -0.383. The van der Waals surface area contributed by atoms with Gasteiger partial charge in [-0.25, -0.2) is 13.2 Å². The van der Waals surface area contributed by atoms with Crippen LogP contribution >= 0.6 is 0 Å². The van der Waals surface area contributed by atoms with Gasteiger partial charge in [-0.2, -0.15) is 4.31 Å². The number of aryl methyl sites for hydroxylation is 1. The van der Waals surface area contributed by atoms with Gasteiger partial charge in [0.05, 0.1) is 12.0 Å². The van der Waals surface area contributed by atoms with Crippen molar-refractivity contribution in [1.29, 1.82) is 0 Å². The minimum absolute atomic E-state index is 0.144. The molecule has 0 saturated carbocycles. The van der Waals surface area contributed by atoms with Crippen LogP contribution in [0.4, 0.5) is 5.69 Å². The summed E-state index contributed by atoms with van der Waals surface area (Å²) in [7, 11) is -2.29. The number of benzene rings is 2. The van der Waals surface area contributed by atoms with Crippen LogP contribution in [0.2, 0.25) is 0 Å². The highest BCUT2D eigenvalue weighted by atomic mass is 32.2. The molecule has 0 heterocycles. The van der Waals surface area contributed by atoms with E-state index in [9.17, 15) is 18.0 Å². The number of nitrogens with zero attached hydrogens (tertiary/aromatic N) is 1. The largest absolute Gasteiger partial charge is 0.482 e. The Morgan fingerprint density at radius 1 is 1.03 bits per heavy atom. The van der Waals surface area contributed by atoms with Crippen LogP contribution in [0.15, 0.2) is 47.4 Å². The Kier molecular flexibility index (Phi) is 7.96. The summed E-state index contributed by atoms with van der Waals surface area (Å²) in [5, 5.41) is 2.79. The summed E-state index contributed by atoms with van der Waals surface area (Å²) >= 11 is 0. The van der Waals surface area contributed by atoms with Crippen LogP contribution in [0.3, 0.4) is 0 Å². The van der Waals surface area contributed by atoms with Gasteiger partial charge in [0.25, 0.3) is 5.91 Å². The molecule has 30 heavy (non-hydrogen) atoms. The molecule has 162 valence electrons. The highest BCUT2D eigenvalue weighted by Gasteiger charge is 2.21. The maximum atomic E-state index is 12.5. The van der Waals surface area contributed by atoms with Gasteiger partial charge in [0, 0.05) is 24.3 Å². The van der Waals surface area contributed by atoms with Gasteiger partial charge in [0.2, 0.25) is 10.0 Å². The highest BCUT2D eigenvalue weighted by Crippen LogP contribution is 2.23. The van der Waals surface area contributed by atoms with Crippen LogP contribution in [-0.2, 0) is 19.6 Å². The smallest absolute Gasteiger partial charge is 0.343 e. The molecule has 0 fully saturated rings. The average molecular weight is 435 g/mol. The number of esters is 1. The lowest BCUT2D eigenvalue weighted by Gasteiger charge is -2.18. The van der Waals surface area contributed by atoms with E-state index < -0.39 is 16.0 Å². The van der Waals surface area contributed by atoms with Crippen molar-refractivity contribution in [2.24, 2.45) is 0 Å². The molecular formula is C21H26N2O6S. The zero-order valence-corrected chi connectivity index (χ0v) is 18.3. The van der Waals surface area contributed by atoms with Gasteiger partial charge in [-0.05, 0) is 55.0 Å². The molecule has 1 amide bonds. The predicted octanol–water partition coefficient (Wildman–Crippen LogP) is 2.83. The molecule has 8 nitrogen and oxygen atoms in total. The second kappa shape index (κ2) is 10.2. The fraction of sp³-hybridized carbons (Fsp3) is 0.333. The van der Waals surface area contributed by atoms with Gasteiger partial charge < -0.3 is 14.8 Å². The Hall–Kier alpha value is -2.91. The molecule has 2 rings (SSSR count). The fourth-order valence-corrected chi connectivity index (χ4v) is 4.21. The number of sulfonamides is 1. The fourth-order valence-electron chi connectivity index (χ4n) is 2.75. The number of hydrogen-bond acceptors (Lipinski definition) is 6. The molecule has 2 aromatic rings. The van der Waals surface area contributed by atoms with E-state index in [2.05, 4.69) is 10.1 Å². The normalized spacial score (nSPS) is 11.2. The Bertz CT molecular complexity index is 999. The quantitative estimate of drug-likeness (QED) is 0.609. The van der Waals surface area contributed by atoms with Crippen molar-refractivity contribution in [1.82, 2.24) is 4.31 Å². The number of rotatable bonds is 9. The Morgan fingerprint density at radius 3 is 2.20 bits per heavy atom. The van der Waals surface area contributed by atoms with Gasteiger partial charge >= 0.3 is 5.97 Å². The number of nitrogens with one attached hydrogen (secondary N) is 1. The lowest BCUT2D eigenvalue weighted by Crippen LogP contribution is -2.30. The third kappa shape index (κ3) is 5.58. The minimum atomic E-state index is -3.57. The lowest BCUT2D eigenvalue weighted by atomic mass is 10.1. The van der Waals surface area contributed by atoms with Crippen LogP contribution in [0.1, 0.15) is 29.8 Å². The van der Waals surface area contributed by atoms with Crippen molar-refractivity contribution in [2.75, 3.05) is 32.1 Å². The first-order chi connectivity index (χ1) is 14.2. The SMILES string of the molecule is CCN(CC)S(=O)(=O)c1ccc(C(=O)Nc2ccc(OCC(=O)OC)cc2C)cc1. The van der Waals surface area contributed by atoms with Gasteiger partial charge in [-0.3, -0.25) is 4.79 Å². The van der Waals surface area contributed by atoms with Crippen molar-refractivity contribution in [3.8, 4) is 5.75 Å². The van der Waals surface area contributed by atoms with Crippen LogP contribution in [0.25, 0.3) is 0 Å². The first-order valence-electron chi connectivity index (χ1n) is 9.44. The summed E-state index contributed by atoms with van der Waals surface area (Å²) in [4.78, 5) is 23.8. The van der Waals surface area contributed by atoms with E-state index in [0.29, 0.717) is 30.1 Å². The molecule has 0 aromatic heterocycles. The number of carbonyl (C=O) groups excluding carboxylic acids is 2. The summed E-state index contributed by atoms with van der Waals surface area (Å²) in [6.45, 7) is 5.89. The van der Waals surface area contributed by atoms with Crippen LogP contribution < -0.4 is 10.1 Å². The zero-order valence-electron chi connectivity index (χ0n) is 17.5. The van der Waals surface area contributed by atoms with Gasteiger partial charge in [0.15, 0.2) is 6.61 Å². The van der Waals surface area contributed by atoms with Crippen molar-refractivity contribution in [3.63, 3.8) is 0 Å². The molecule has 0 spiro atoms. The van der Waals surface area contributed by atoms with Gasteiger partial charge in [0.1, 0.15) is 5.75 Å². The standard InChI is InChI=1S/C21H26N2O6S/c1-5-23(6-2)30(26,27)18-10-7-16(8-11-18)21(25)22-19-12-9-17(13-15(19)3)29-14-20(24)28-4/h7-13H,5-6,14H2,1-4H3,(H,22,25). The third-order valence-corrected chi connectivity index (χ3v) is 6.55. The molecule has 1 N–H and O–H groups in total. The lowest BCUT2D eigenvalue weighted by molar-refractivity contribution is -0.142. The van der Waals surface area contributed by atoms with Crippen molar-refractivity contribution < 1.29 is 27.5 Å². The van der Waals surface area contributed by atoms with E-state index in [-0.39, 0.29) is 17.4 Å².